The van der Waals surface area contributed by atoms with E-state index < -0.39 is 8.07 Å². The highest BCUT2D eigenvalue weighted by molar-refractivity contribution is 6.88. The maximum atomic E-state index is 13.1. The molecule has 0 aromatic heterocycles. The van der Waals surface area contributed by atoms with E-state index in [4.69, 9.17) is 0 Å². The summed E-state index contributed by atoms with van der Waals surface area (Å²) in [6, 6.07) is 10.8. The summed E-state index contributed by atoms with van der Waals surface area (Å²) in [6.07, 6.45) is 8.36. The van der Waals surface area contributed by atoms with Crippen LogP contribution in [-0.4, -0.2) is 49.1 Å². The molecule has 2 bridgehead atoms. The highest BCUT2D eigenvalue weighted by Crippen LogP contribution is 2.43. The van der Waals surface area contributed by atoms with E-state index in [1.807, 2.05) is 0 Å². The van der Waals surface area contributed by atoms with Crippen molar-refractivity contribution in [1.29, 1.82) is 0 Å². The fourth-order valence-electron chi connectivity index (χ4n) is 5.27. The number of carbonyl (C=O) groups excluding carboxylic acids is 1. The van der Waals surface area contributed by atoms with Gasteiger partial charge in [0.1, 0.15) is 0 Å². The van der Waals surface area contributed by atoms with Gasteiger partial charge in [-0.25, -0.2) is 4.79 Å². The van der Waals surface area contributed by atoms with Crippen molar-refractivity contribution in [3.05, 3.63) is 29.8 Å². The molecule has 0 saturated carbocycles. The zero-order chi connectivity index (χ0) is 18.3. The highest BCUT2D eigenvalue weighted by Gasteiger charge is 2.44. The Morgan fingerprint density at radius 1 is 0.923 bits per heavy atom. The number of piperidine rings is 2. The Morgan fingerprint density at radius 3 is 2.04 bits per heavy atom. The summed E-state index contributed by atoms with van der Waals surface area (Å²) in [5, 5.41) is 1.54. The molecule has 0 unspecified atom stereocenters. The van der Waals surface area contributed by atoms with E-state index in [0.717, 1.165) is 25.9 Å². The van der Waals surface area contributed by atoms with Crippen molar-refractivity contribution in [2.75, 3.05) is 13.1 Å². The molecule has 3 fully saturated rings. The van der Waals surface area contributed by atoms with E-state index in [2.05, 4.69) is 53.7 Å². The van der Waals surface area contributed by atoms with Crippen LogP contribution >= 0.6 is 0 Å². The van der Waals surface area contributed by atoms with Gasteiger partial charge < -0.3 is 9.80 Å². The van der Waals surface area contributed by atoms with Crippen LogP contribution < -0.4 is 5.19 Å². The number of carbonyl (C=O) groups is 1. The molecule has 1 aromatic rings. The Kier molecular flexibility index (Phi) is 4.89. The number of hydrogen-bond acceptors (Lipinski definition) is 1. The van der Waals surface area contributed by atoms with Gasteiger partial charge >= 0.3 is 6.03 Å². The molecule has 3 aliphatic rings. The molecule has 1 aromatic carbocycles. The summed E-state index contributed by atoms with van der Waals surface area (Å²) in [5.41, 5.74) is 1.49. The molecular formula is C22H34N2OSi. The number of rotatable bonds is 2. The third-order valence-electron chi connectivity index (χ3n) is 6.83. The van der Waals surface area contributed by atoms with Gasteiger partial charge in [0, 0.05) is 25.2 Å². The summed E-state index contributed by atoms with van der Waals surface area (Å²) in [6.45, 7) is 9.17. The standard InChI is InChI=1S/C22H34N2OSi/c1-26(2,3)21-11-7-17(8-12-21)18-15-19-9-10-20(16-18)24(19)22(25)23-13-5-4-6-14-23/h7-8,11-12,18-20H,4-6,9-10,13-16H2,1-3H3/t18-,19+,20-. The van der Waals surface area contributed by atoms with Crippen molar-refractivity contribution in [3.8, 4) is 0 Å². The average molecular weight is 371 g/mol. The summed E-state index contributed by atoms with van der Waals surface area (Å²) in [7, 11) is -1.22. The molecule has 0 aliphatic carbocycles. The smallest absolute Gasteiger partial charge is 0.320 e. The topological polar surface area (TPSA) is 23.6 Å². The highest BCUT2D eigenvalue weighted by atomic mass is 28.3. The predicted molar refractivity (Wildman–Crippen MR) is 111 cm³/mol. The monoisotopic (exact) mass is 370 g/mol. The largest absolute Gasteiger partial charge is 0.325 e. The molecular weight excluding hydrogens is 336 g/mol. The summed E-state index contributed by atoms with van der Waals surface area (Å²) < 4.78 is 0. The van der Waals surface area contributed by atoms with E-state index in [1.54, 1.807) is 5.19 Å². The molecule has 3 saturated heterocycles. The Morgan fingerprint density at radius 2 is 1.50 bits per heavy atom. The zero-order valence-electron chi connectivity index (χ0n) is 16.7. The van der Waals surface area contributed by atoms with Crippen LogP contribution in [0.3, 0.4) is 0 Å². The predicted octanol–water partition coefficient (Wildman–Crippen LogP) is 4.55. The van der Waals surface area contributed by atoms with Gasteiger partial charge in [0.25, 0.3) is 0 Å². The maximum absolute atomic E-state index is 13.1. The first kappa shape index (κ1) is 18.1. The number of amides is 2. The van der Waals surface area contributed by atoms with Gasteiger partial charge in [-0.1, -0.05) is 49.1 Å². The second-order valence-corrected chi connectivity index (χ2v) is 14.7. The van der Waals surface area contributed by atoms with Crippen molar-refractivity contribution >= 4 is 19.3 Å². The molecule has 0 N–H and O–H groups in total. The molecule has 0 spiro atoms. The molecule has 142 valence electrons. The first-order chi connectivity index (χ1) is 12.4. The lowest BCUT2D eigenvalue weighted by atomic mass is 9.85. The van der Waals surface area contributed by atoms with Crippen LogP contribution in [0.25, 0.3) is 0 Å². The van der Waals surface area contributed by atoms with Crippen LogP contribution in [0.2, 0.25) is 19.6 Å². The van der Waals surface area contributed by atoms with E-state index in [-0.39, 0.29) is 0 Å². The fraction of sp³-hybridized carbons (Fsp3) is 0.682. The lowest BCUT2D eigenvalue weighted by Gasteiger charge is -2.42. The molecule has 3 atom stereocenters. The lowest BCUT2D eigenvalue weighted by Crippen LogP contribution is -2.53. The third kappa shape index (κ3) is 3.45. The zero-order valence-corrected chi connectivity index (χ0v) is 17.7. The van der Waals surface area contributed by atoms with Gasteiger partial charge in [0.05, 0.1) is 8.07 Å². The molecule has 0 radical (unpaired) electrons. The van der Waals surface area contributed by atoms with Crippen LogP contribution in [0.15, 0.2) is 24.3 Å². The van der Waals surface area contributed by atoms with E-state index in [0.29, 0.717) is 24.0 Å². The average Bonchev–Trinajstić information content (AvgIpc) is 2.90. The molecule has 3 nitrogen and oxygen atoms in total. The normalized spacial score (nSPS) is 29.1. The van der Waals surface area contributed by atoms with Crippen molar-refractivity contribution in [2.45, 2.75) is 82.6 Å². The van der Waals surface area contributed by atoms with Gasteiger partial charge in [-0.15, -0.1) is 0 Å². The summed E-state index contributed by atoms with van der Waals surface area (Å²) >= 11 is 0. The second-order valence-electron chi connectivity index (χ2n) is 9.66. The second kappa shape index (κ2) is 7.03. The molecule has 4 heteroatoms. The summed E-state index contributed by atoms with van der Waals surface area (Å²) in [4.78, 5) is 17.5. The minimum Gasteiger partial charge on any atom is -0.325 e. The maximum Gasteiger partial charge on any atom is 0.320 e. The Labute approximate surface area is 159 Å². The Hall–Kier alpha value is -1.29. The van der Waals surface area contributed by atoms with Crippen molar-refractivity contribution in [2.24, 2.45) is 0 Å². The van der Waals surface area contributed by atoms with E-state index in [1.165, 1.54) is 37.7 Å². The number of hydrogen-bond donors (Lipinski definition) is 0. The van der Waals surface area contributed by atoms with Crippen molar-refractivity contribution in [3.63, 3.8) is 0 Å². The SMILES string of the molecule is C[Si](C)(C)c1ccc([C@H]2C[C@H]3CC[C@@H](C2)N3C(=O)N2CCCCC2)cc1. The molecule has 26 heavy (non-hydrogen) atoms. The first-order valence-electron chi connectivity index (χ1n) is 10.6. The van der Waals surface area contributed by atoms with Crippen molar-refractivity contribution in [1.82, 2.24) is 9.80 Å². The van der Waals surface area contributed by atoms with E-state index in [9.17, 15) is 4.79 Å². The van der Waals surface area contributed by atoms with E-state index >= 15 is 0 Å². The Bertz CT molecular complexity index is 631. The number of fused-ring (bicyclic) bond motifs is 2. The van der Waals surface area contributed by atoms with Crippen LogP contribution in [-0.2, 0) is 0 Å². The van der Waals surface area contributed by atoms with Crippen LogP contribution in [0.5, 0.6) is 0 Å². The minimum atomic E-state index is -1.22. The Balaban J connectivity index is 1.45. The molecule has 3 aliphatic heterocycles. The van der Waals surface area contributed by atoms with Crippen LogP contribution in [0.4, 0.5) is 4.79 Å². The fourth-order valence-corrected chi connectivity index (χ4v) is 6.43. The van der Waals surface area contributed by atoms with Gasteiger partial charge in [0.15, 0.2) is 0 Å². The molecule has 2 amide bonds. The quantitative estimate of drug-likeness (QED) is 0.701. The van der Waals surface area contributed by atoms with Gasteiger partial charge in [-0.05, 0) is 56.4 Å². The van der Waals surface area contributed by atoms with Gasteiger partial charge in [0.2, 0.25) is 0 Å². The first-order valence-corrected chi connectivity index (χ1v) is 14.1. The van der Waals surface area contributed by atoms with Crippen LogP contribution in [0, 0.1) is 0 Å². The lowest BCUT2D eigenvalue weighted by molar-refractivity contribution is 0.0991. The van der Waals surface area contributed by atoms with Crippen molar-refractivity contribution < 1.29 is 4.79 Å². The third-order valence-corrected chi connectivity index (χ3v) is 8.89. The molecule has 3 heterocycles. The van der Waals surface area contributed by atoms with Gasteiger partial charge in [-0.3, -0.25) is 0 Å². The van der Waals surface area contributed by atoms with Crippen LogP contribution in [0.1, 0.15) is 56.4 Å². The van der Waals surface area contributed by atoms with Gasteiger partial charge in [-0.2, -0.15) is 0 Å². The number of benzene rings is 1. The molecule has 4 rings (SSSR count). The number of nitrogens with zero attached hydrogens (tertiary/aromatic N) is 2. The minimum absolute atomic E-state index is 0.338. The number of urea groups is 1. The number of likely N-dealkylation sites (tertiary alicyclic amines) is 1. The summed E-state index contributed by atoms with van der Waals surface area (Å²) in [5.74, 6) is 0.633.